The molecule has 2 rings (SSSR count). The van der Waals surface area contributed by atoms with Gasteiger partial charge >= 0.3 is 0 Å². The Balaban J connectivity index is 0.00000450. The van der Waals surface area contributed by atoms with Crippen LogP contribution < -0.4 is 15.4 Å². The number of guanidine groups is 1. The molecule has 0 aliphatic rings. The SMILES string of the molecule is C#CCOc1ccc(CCNC(=NC)NCc2ccc(S(C)(=O)=O)c(C)c2)cc1.I. The van der Waals surface area contributed by atoms with Crippen LogP contribution in [-0.4, -0.2) is 40.8 Å². The number of nitrogens with zero attached hydrogens (tertiary/aromatic N) is 1. The van der Waals surface area contributed by atoms with Crippen LogP contribution in [0.25, 0.3) is 0 Å². The lowest BCUT2D eigenvalue weighted by atomic mass is 10.1. The Morgan fingerprint density at radius 3 is 2.37 bits per heavy atom. The summed E-state index contributed by atoms with van der Waals surface area (Å²) in [5.41, 5.74) is 2.90. The van der Waals surface area contributed by atoms with E-state index >= 15 is 0 Å². The van der Waals surface area contributed by atoms with Gasteiger partial charge in [0.05, 0.1) is 4.90 Å². The maximum Gasteiger partial charge on any atom is 0.191 e. The summed E-state index contributed by atoms with van der Waals surface area (Å²) >= 11 is 0. The van der Waals surface area contributed by atoms with E-state index in [1.165, 1.54) is 11.8 Å². The molecule has 0 saturated carbocycles. The summed E-state index contributed by atoms with van der Waals surface area (Å²) < 4.78 is 28.8. The van der Waals surface area contributed by atoms with E-state index in [1.54, 1.807) is 20.0 Å². The number of sulfone groups is 1. The second-order valence-electron chi connectivity index (χ2n) is 6.61. The Hall–Kier alpha value is -2.25. The van der Waals surface area contributed by atoms with Crippen LogP contribution in [0.15, 0.2) is 52.4 Å². The van der Waals surface area contributed by atoms with E-state index in [9.17, 15) is 8.42 Å². The van der Waals surface area contributed by atoms with Crippen LogP contribution in [0.2, 0.25) is 0 Å². The van der Waals surface area contributed by atoms with Crippen molar-refractivity contribution in [3.8, 4) is 18.1 Å². The molecule has 0 bridgehead atoms. The lowest BCUT2D eigenvalue weighted by molar-refractivity contribution is 0.370. The van der Waals surface area contributed by atoms with Crippen molar-refractivity contribution < 1.29 is 13.2 Å². The van der Waals surface area contributed by atoms with Crippen LogP contribution in [-0.2, 0) is 22.8 Å². The van der Waals surface area contributed by atoms with Gasteiger partial charge in [0.15, 0.2) is 15.8 Å². The molecule has 30 heavy (non-hydrogen) atoms. The zero-order chi connectivity index (χ0) is 21.3. The Kier molecular flexibility index (Phi) is 10.7. The first-order chi connectivity index (χ1) is 13.8. The standard InChI is InChI=1S/C22H27N3O3S.HI/c1-5-14-28-20-9-6-18(7-10-20)12-13-24-22(23-3)25-16-19-8-11-21(17(2)15-19)29(4,26)27;/h1,6-11,15H,12-14,16H2,2-4H3,(H2,23,24,25);1H. The zero-order valence-electron chi connectivity index (χ0n) is 17.4. The minimum Gasteiger partial charge on any atom is -0.481 e. The predicted octanol–water partition coefficient (Wildman–Crippen LogP) is 2.94. The van der Waals surface area contributed by atoms with Crippen LogP contribution in [0.1, 0.15) is 16.7 Å². The topological polar surface area (TPSA) is 79.8 Å². The minimum absolute atomic E-state index is 0. The molecule has 6 nitrogen and oxygen atoms in total. The second kappa shape index (κ2) is 12.4. The highest BCUT2D eigenvalue weighted by Crippen LogP contribution is 2.16. The van der Waals surface area contributed by atoms with Crippen LogP contribution >= 0.6 is 24.0 Å². The van der Waals surface area contributed by atoms with Gasteiger partial charge in [0.2, 0.25) is 0 Å². The summed E-state index contributed by atoms with van der Waals surface area (Å²) in [6.07, 6.45) is 7.23. The van der Waals surface area contributed by atoms with Crippen molar-refractivity contribution >= 4 is 39.8 Å². The molecule has 0 saturated heterocycles. The third-order valence-electron chi connectivity index (χ3n) is 4.27. The number of aliphatic imine (C=N–C) groups is 1. The number of halogens is 1. The predicted molar refractivity (Wildman–Crippen MR) is 132 cm³/mol. The summed E-state index contributed by atoms with van der Waals surface area (Å²) in [5, 5.41) is 6.51. The lowest BCUT2D eigenvalue weighted by Gasteiger charge is -2.13. The van der Waals surface area contributed by atoms with Gasteiger partial charge in [-0.2, -0.15) is 0 Å². The molecule has 162 valence electrons. The largest absolute Gasteiger partial charge is 0.481 e. The first-order valence-corrected chi connectivity index (χ1v) is 11.1. The summed E-state index contributed by atoms with van der Waals surface area (Å²) in [4.78, 5) is 4.58. The van der Waals surface area contributed by atoms with Crippen molar-refractivity contribution in [2.45, 2.75) is 24.8 Å². The molecule has 2 aromatic rings. The van der Waals surface area contributed by atoms with Gasteiger partial charge in [0.1, 0.15) is 12.4 Å². The van der Waals surface area contributed by atoms with Crippen molar-refractivity contribution in [3.63, 3.8) is 0 Å². The van der Waals surface area contributed by atoms with E-state index in [-0.39, 0.29) is 30.6 Å². The van der Waals surface area contributed by atoms with Gasteiger partial charge in [-0.15, -0.1) is 30.4 Å². The highest BCUT2D eigenvalue weighted by molar-refractivity contribution is 14.0. The van der Waals surface area contributed by atoms with Crippen molar-refractivity contribution in [1.29, 1.82) is 0 Å². The van der Waals surface area contributed by atoms with Crippen LogP contribution in [0.5, 0.6) is 5.75 Å². The summed E-state index contributed by atoms with van der Waals surface area (Å²) in [5.74, 6) is 3.88. The lowest BCUT2D eigenvalue weighted by Crippen LogP contribution is -2.37. The van der Waals surface area contributed by atoms with Gasteiger partial charge in [-0.05, 0) is 48.2 Å². The maximum absolute atomic E-state index is 11.7. The smallest absolute Gasteiger partial charge is 0.191 e. The van der Waals surface area contributed by atoms with Crippen LogP contribution in [0.4, 0.5) is 0 Å². The molecule has 0 fully saturated rings. The van der Waals surface area contributed by atoms with E-state index < -0.39 is 9.84 Å². The minimum atomic E-state index is -3.21. The zero-order valence-corrected chi connectivity index (χ0v) is 20.6. The van der Waals surface area contributed by atoms with E-state index in [2.05, 4.69) is 21.5 Å². The fraction of sp³-hybridized carbons (Fsp3) is 0.318. The molecular weight excluding hydrogens is 513 g/mol. The molecule has 0 heterocycles. The number of nitrogens with one attached hydrogen (secondary N) is 2. The molecule has 0 unspecified atom stereocenters. The Morgan fingerprint density at radius 1 is 1.13 bits per heavy atom. The molecular formula is C22H28IN3O3S. The average molecular weight is 541 g/mol. The summed E-state index contributed by atoms with van der Waals surface area (Å²) in [6, 6.07) is 13.2. The maximum atomic E-state index is 11.7. The number of ether oxygens (including phenoxy) is 1. The fourth-order valence-corrected chi connectivity index (χ4v) is 3.81. The van der Waals surface area contributed by atoms with Crippen molar-refractivity contribution in [1.82, 2.24) is 10.6 Å². The number of aryl methyl sites for hydroxylation is 1. The number of terminal acetylenes is 1. The fourth-order valence-electron chi connectivity index (χ4n) is 2.85. The molecule has 0 aliphatic carbocycles. The molecule has 0 spiro atoms. The molecule has 0 radical (unpaired) electrons. The normalized spacial score (nSPS) is 11.2. The van der Waals surface area contributed by atoms with E-state index in [0.717, 1.165) is 29.8 Å². The van der Waals surface area contributed by atoms with Crippen molar-refractivity contribution in [2.24, 2.45) is 4.99 Å². The van der Waals surface area contributed by atoms with E-state index in [0.29, 0.717) is 17.4 Å². The average Bonchev–Trinajstić information content (AvgIpc) is 2.69. The van der Waals surface area contributed by atoms with Crippen LogP contribution in [0.3, 0.4) is 0 Å². The molecule has 2 N–H and O–H groups in total. The van der Waals surface area contributed by atoms with Crippen molar-refractivity contribution in [2.75, 3.05) is 26.5 Å². The molecule has 8 heteroatoms. The second-order valence-corrected chi connectivity index (χ2v) is 8.60. The molecule has 2 aromatic carbocycles. The third kappa shape index (κ3) is 8.24. The number of hydrogen-bond acceptors (Lipinski definition) is 4. The first-order valence-electron chi connectivity index (χ1n) is 9.23. The Morgan fingerprint density at radius 2 is 1.80 bits per heavy atom. The van der Waals surface area contributed by atoms with Gasteiger partial charge in [-0.1, -0.05) is 30.2 Å². The Bertz CT molecular complexity index is 997. The Labute approximate surface area is 196 Å². The van der Waals surface area contributed by atoms with Gasteiger partial charge in [0, 0.05) is 26.4 Å². The summed E-state index contributed by atoms with van der Waals surface area (Å²) in [7, 11) is -1.49. The molecule has 0 amide bonds. The van der Waals surface area contributed by atoms with Crippen molar-refractivity contribution in [3.05, 3.63) is 59.2 Å². The van der Waals surface area contributed by atoms with Gasteiger partial charge in [-0.25, -0.2) is 8.42 Å². The number of hydrogen-bond donors (Lipinski definition) is 2. The van der Waals surface area contributed by atoms with E-state index in [4.69, 9.17) is 11.2 Å². The van der Waals surface area contributed by atoms with Gasteiger partial charge in [-0.3, -0.25) is 4.99 Å². The molecule has 0 aliphatic heterocycles. The monoisotopic (exact) mass is 541 g/mol. The summed E-state index contributed by atoms with van der Waals surface area (Å²) in [6.45, 7) is 3.33. The highest BCUT2D eigenvalue weighted by Gasteiger charge is 2.11. The van der Waals surface area contributed by atoms with E-state index in [1.807, 2.05) is 36.4 Å². The number of rotatable bonds is 8. The first kappa shape index (κ1) is 25.8. The van der Waals surface area contributed by atoms with Gasteiger partial charge < -0.3 is 15.4 Å². The highest BCUT2D eigenvalue weighted by atomic mass is 127. The molecule has 0 atom stereocenters. The molecule has 0 aromatic heterocycles. The van der Waals surface area contributed by atoms with Crippen LogP contribution in [0, 0.1) is 19.3 Å². The third-order valence-corrected chi connectivity index (χ3v) is 5.53. The quantitative estimate of drug-likeness (QED) is 0.233. The number of benzene rings is 2. The van der Waals surface area contributed by atoms with Gasteiger partial charge in [0.25, 0.3) is 0 Å².